The molecule has 0 fully saturated rings. The highest BCUT2D eigenvalue weighted by atomic mass is 16.2. The molecule has 0 aromatic rings. The van der Waals surface area contributed by atoms with Crippen molar-refractivity contribution in [1.29, 1.82) is 0 Å². The van der Waals surface area contributed by atoms with Crippen molar-refractivity contribution < 1.29 is 4.79 Å². The van der Waals surface area contributed by atoms with Crippen molar-refractivity contribution in [3.63, 3.8) is 0 Å². The lowest BCUT2D eigenvalue weighted by Gasteiger charge is -2.13. The van der Waals surface area contributed by atoms with Gasteiger partial charge in [0.25, 0.3) is 0 Å². The van der Waals surface area contributed by atoms with Crippen molar-refractivity contribution >= 4 is 6.03 Å². The van der Waals surface area contributed by atoms with Crippen LogP contribution in [0.15, 0.2) is 0 Å². The van der Waals surface area contributed by atoms with Crippen molar-refractivity contribution in [3.05, 3.63) is 0 Å². The van der Waals surface area contributed by atoms with Crippen LogP contribution in [0.2, 0.25) is 0 Å². The number of nitrogens with two attached hydrogens (primary N) is 2. The minimum atomic E-state index is -0.461. The van der Waals surface area contributed by atoms with Crippen molar-refractivity contribution in [1.82, 2.24) is 5.32 Å². The molecule has 0 aliphatic rings. The average molecular weight is 187 g/mol. The lowest BCUT2D eigenvalue weighted by molar-refractivity contribution is 0.248. The molecular weight excluding hydrogens is 166 g/mol. The van der Waals surface area contributed by atoms with E-state index in [2.05, 4.69) is 19.2 Å². The summed E-state index contributed by atoms with van der Waals surface area (Å²) in [6.45, 7) is 4.93. The first-order valence-electron chi connectivity index (χ1n) is 4.81. The Kier molecular flexibility index (Phi) is 6.32. The molecule has 0 saturated carbocycles. The van der Waals surface area contributed by atoms with Crippen LogP contribution in [0.4, 0.5) is 4.79 Å². The molecule has 0 aromatic heterocycles. The molecular formula is C9H21N3O. The molecule has 1 atom stereocenters. The molecule has 0 spiro atoms. The van der Waals surface area contributed by atoms with E-state index in [0.29, 0.717) is 12.5 Å². The maximum absolute atomic E-state index is 10.3. The molecule has 0 saturated heterocycles. The molecule has 2 amide bonds. The summed E-state index contributed by atoms with van der Waals surface area (Å²) in [5, 5.41) is 2.54. The van der Waals surface area contributed by atoms with E-state index in [-0.39, 0.29) is 6.04 Å². The second-order valence-electron chi connectivity index (χ2n) is 3.82. The number of amides is 2. The zero-order valence-electron chi connectivity index (χ0n) is 8.55. The minimum Gasteiger partial charge on any atom is -0.352 e. The van der Waals surface area contributed by atoms with Gasteiger partial charge in [-0.25, -0.2) is 4.79 Å². The van der Waals surface area contributed by atoms with Gasteiger partial charge in [-0.1, -0.05) is 13.8 Å². The van der Waals surface area contributed by atoms with E-state index in [1.807, 2.05) is 0 Å². The van der Waals surface area contributed by atoms with Crippen molar-refractivity contribution in [2.24, 2.45) is 17.4 Å². The molecule has 78 valence electrons. The predicted molar refractivity (Wildman–Crippen MR) is 54.3 cm³/mol. The lowest BCUT2D eigenvalue weighted by Crippen LogP contribution is -2.31. The smallest absolute Gasteiger partial charge is 0.312 e. The van der Waals surface area contributed by atoms with Crippen molar-refractivity contribution in [3.8, 4) is 0 Å². The summed E-state index contributed by atoms with van der Waals surface area (Å²) in [5.41, 5.74) is 10.8. The molecule has 0 unspecified atom stereocenters. The SMILES string of the molecule is CC(C)C[C@@H](N)CCCNC(N)=O. The van der Waals surface area contributed by atoms with E-state index in [1.165, 1.54) is 0 Å². The van der Waals surface area contributed by atoms with Crippen LogP contribution in [0, 0.1) is 5.92 Å². The van der Waals surface area contributed by atoms with Gasteiger partial charge in [0.15, 0.2) is 0 Å². The summed E-state index contributed by atoms with van der Waals surface area (Å²) in [7, 11) is 0. The van der Waals surface area contributed by atoms with Gasteiger partial charge in [0.05, 0.1) is 0 Å². The zero-order chi connectivity index (χ0) is 10.3. The largest absolute Gasteiger partial charge is 0.352 e. The molecule has 0 bridgehead atoms. The maximum atomic E-state index is 10.3. The molecule has 0 radical (unpaired) electrons. The van der Waals surface area contributed by atoms with E-state index >= 15 is 0 Å². The Labute approximate surface area is 80.0 Å². The summed E-state index contributed by atoms with van der Waals surface area (Å²) in [6, 6.07) is -0.216. The Morgan fingerprint density at radius 3 is 2.54 bits per heavy atom. The van der Waals surface area contributed by atoms with E-state index in [0.717, 1.165) is 19.3 Å². The second kappa shape index (κ2) is 6.71. The van der Waals surface area contributed by atoms with Crippen molar-refractivity contribution in [2.45, 2.75) is 39.2 Å². The van der Waals surface area contributed by atoms with Gasteiger partial charge in [0.1, 0.15) is 0 Å². The Bertz CT molecular complexity index is 148. The standard InChI is InChI=1S/C9H21N3O/c1-7(2)6-8(10)4-3-5-12-9(11)13/h7-8H,3-6,10H2,1-2H3,(H3,11,12,13)/t8-/m0/s1. The second-order valence-corrected chi connectivity index (χ2v) is 3.82. The fraction of sp³-hybridized carbons (Fsp3) is 0.889. The molecule has 0 aromatic carbocycles. The highest BCUT2D eigenvalue weighted by Crippen LogP contribution is 2.06. The molecule has 0 aliphatic carbocycles. The van der Waals surface area contributed by atoms with Crippen LogP contribution in [0.1, 0.15) is 33.1 Å². The van der Waals surface area contributed by atoms with Gasteiger partial charge in [0, 0.05) is 12.6 Å². The summed E-state index contributed by atoms with van der Waals surface area (Å²) >= 11 is 0. The topological polar surface area (TPSA) is 81.1 Å². The van der Waals surface area contributed by atoms with Gasteiger partial charge in [-0.15, -0.1) is 0 Å². The molecule has 0 rings (SSSR count). The fourth-order valence-corrected chi connectivity index (χ4v) is 1.30. The van der Waals surface area contributed by atoms with Gasteiger partial charge in [-0.05, 0) is 25.2 Å². The van der Waals surface area contributed by atoms with Crippen LogP contribution in [0.3, 0.4) is 0 Å². The third kappa shape index (κ3) is 9.14. The molecule has 13 heavy (non-hydrogen) atoms. The predicted octanol–water partition coefficient (Wildman–Crippen LogP) is 0.808. The summed E-state index contributed by atoms with van der Waals surface area (Å²) < 4.78 is 0. The Hall–Kier alpha value is -0.770. The Balaban J connectivity index is 3.26. The number of nitrogens with one attached hydrogen (secondary N) is 1. The molecule has 0 aliphatic heterocycles. The Morgan fingerprint density at radius 1 is 1.46 bits per heavy atom. The number of primary amides is 1. The third-order valence-electron chi connectivity index (χ3n) is 1.83. The first-order valence-corrected chi connectivity index (χ1v) is 4.81. The van der Waals surface area contributed by atoms with E-state index in [1.54, 1.807) is 0 Å². The minimum absolute atomic E-state index is 0.245. The molecule has 0 heterocycles. The van der Waals surface area contributed by atoms with Gasteiger partial charge < -0.3 is 16.8 Å². The number of carbonyl (C=O) groups is 1. The normalized spacial score (nSPS) is 12.9. The monoisotopic (exact) mass is 187 g/mol. The van der Waals surface area contributed by atoms with E-state index in [9.17, 15) is 4.79 Å². The van der Waals surface area contributed by atoms with Gasteiger partial charge in [0.2, 0.25) is 0 Å². The third-order valence-corrected chi connectivity index (χ3v) is 1.83. The van der Waals surface area contributed by atoms with Crippen LogP contribution in [0.5, 0.6) is 0 Å². The van der Waals surface area contributed by atoms with Crippen LogP contribution < -0.4 is 16.8 Å². The number of rotatable bonds is 6. The van der Waals surface area contributed by atoms with Crippen LogP contribution >= 0.6 is 0 Å². The van der Waals surface area contributed by atoms with Crippen LogP contribution in [0.25, 0.3) is 0 Å². The quantitative estimate of drug-likeness (QED) is 0.538. The molecule has 4 nitrogen and oxygen atoms in total. The lowest BCUT2D eigenvalue weighted by atomic mass is 10.0. The van der Waals surface area contributed by atoms with E-state index < -0.39 is 6.03 Å². The molecule has 5 N–H and O–H groups in total. The number of carbonyl (C=O) groups excluding carboxylic acids is 1. The fourth-order valence-electron chi connectivity index (χ4n) is 1.30. The Morgan fingerprint density at radius 2 is 2.08 bits per heavy atom. The van der Waals surface area contributed by atoms with Gasteiger partial charge in [-0.3, -0.25) is 0 Å². The zero-order valence-corrected chi connectivity index (χ0v) is 8.55. The first kappa shape index (κ1) is 12.2. The van der Waals surface area contributed by atoms with Gasteiger partial charge >= 0.3 is 6.03 Å². The summed E-state index contributed by atoms with van der Waals surface area (Å²) in [6.07, 6.45) is 2.88. The van der Waals surface area contributed by atoms with Crippen LogP contribution in [-0.4, -0.2) is 18.6 Å². The number of hydrogen-bond donors (Lipinski definition) is 3. The number of hydrogen-bond acceptors (Lipinski definition) is 2. The average Bonchev–Trinajstić information content (AvgIpc) is 1.96. The van der Waals surface area contributed by atoms with E-state index in [4.69, 9.17) is 11.5 Å². The number of urea groups is 1. The first-order chi connectivity index (χ1) is 6.02. The van der Waals surface area contributed by atoms with Crippen LogP contribution in [-0.2, 0) is 0 Å². The summed E-state index contributed by atoms with van der Waals surface area (Å²) in [4.78, 5) is 10.3. The maximum Gasteiger partial charge on any atom is 0.312 e. The summed E-state index contributed by atoms with van der Waals surface area (Å²) in [5.74, 6) is 0.638. The highest BCUT2D eigenvalue weighted by Gasteiger charge is 2.04. The highest BCUT2D eigenvalue weighted by molar-refractivity contribution is 5.71. The van der Waals surface area contributed by atoms with Crippen molar-refractivity contribution in [2.75, 3.05) is 6.54 Å². The van der Waals surface area contributed by atoms with Gasteiger partial charge in [-0.2, -0.15) is 0 Å². The molecule has 4 heteroatoms.